The molecule has 1 aromatic carbocycles. The third-order valence-electron chi connectivity index (χ3n) is 3.32. The molecular weight excluding hydrogens is 306 g/mol. The number of hydrogen-bond acceptors (Lipinski definition) is 4. The summed E-state index contributed by atoms with van der Waals surface area (Å²) in [4.78, 5) is 0. The fraction of sp³-hybridized carbons (Fsp3) is 0.0667. The third-order valence-corrected chi connectivity index (χ3v) is 4.71. The Labute approximate surface area is 129 Å². The number of fused-ring (bicyclic) bond motifs is 3. The van der Waals surface area contributed by atoms with Gasteiger partial charge in [-0.2, -0.15) is 0 Å². The van der Waals surface area contributed by atoms with E-state index < -0.39 is 0 Å². The zero-order valence-corrected chi connectivity index (χ0v) is 12.4. The maximum atomic E-state index is 6.19. The molecule has 0 aliphatic rings. The zero-order valence-electron chi connectivity index (χ0n) is 10.9. The first-order valence-electron chi connectivity index (χ1n) is 6.39. The lowest BCUT2D eigenvalue weighted by Crippen LogP contribution is -1.93. The molecule has 3 aromatic heterocycles. The summed E-state index contributed by atoms with van der Waals surface area (Å²) in [6.07, 6.45) is 3.38. The molecule has 0 spiro atoms. The van der Waals surface area contributed by atoms with Crippen LogP contribution in [0.25, 0.3) is 16.6 Å². The van der Waals surface area contributed by atoms with Crippen LogP contribution in [0, 0.1) is 0 Å². The van der Waals surface area contributed by atoms with Crippen molar-refractivity contribution in [3.63, 3.8) is 0 Å². The Bertz CT molecular complexity index is 931. The molecule has 0 N–H and O–H groups in total. The van der Waals surface area contributed by atoms with E-state index >= 15 is 0 Å². The van der Waals surface area contributed by atoms with Crippen molar-refractivity contribution < 1.29 is 4.42 Å². The van der Waals surface area contributed by atoms with Crippen molar-refractivity contribution in [3.8, 4) is 0 Å². The molecule has 0 fully saturated rings. The molecule has 0 amide bonds. The van der Waals surface area contributed by atoms with Gasteiger partial charge in [0.05, 0.1) is 17.3 Å². The monoisotopic (exact) mass is 315 g/mol. The second kappa shape index (κ2) is 5.09. The molecule has 0 unspecified atom stereocenters. The van der Waals surface area contributed by atoms with E-state index in [0.717, 1.165) is 38.0 Å². The fourth-order valence-corrected chi connectivity index (χ4v) is 3.52. The van der Waals surface area contributed by atoms with Crippen LogP contribution in [-0.2, 0) is 5.75 Å². The summed E-state index contributed by atoms with van der Waals surface area (Å²) in [7, 11) is 0. The van der Waals surface area contributed by atoms with Crippen molar-refractivity contribution in [1.29, 1.82) is 0 Å². The minimum Gasteiger partial charge on any atom is -0.463 e. The van der Waals surface area contributed by atoms with Gasteiger partial charge >= 0.3 is 0 Å². The van der Waals surface area contributed by atoms with Gasteiger partial charge in [-0.05, 0) is 11.6 Å². The van der Waals surface area contributed by atoms with Gasteiger partial charge < -0.3 is 4.42 Å². The van der Waals surface area contributed by atoms with Crippen LogP contribution in [0.2, 0.25) is 5.02 Å². The summed E-state index contributed by atoms with van der Waals surface area (Å²) in [5.41, 5.74) is 3.92. The molecule has 6 heteroatoms. The van der Waals surface area contributed by atoms with E-state index in [1.165, 1.54) is 0 Å². The van der Waals surface area contributed by atoms with Crippen molar-refractivity contribution >= 4 is 40.0 Å². The summed E-state index contributed by atoms with van der Waals surface area (Å²) >= 11 is 7.80. The van der Waals surface area contributed by atoms with Crippen LogP contribution in [0.1, 0.15) is 5.56 Å². The van der Waals surface area contributed by atoms with Crippen LogP contribution in [0.3, 0.4) is 0 Å². The Morgan fingerprint density at radius 1 is 1.19 bits per heavy atom. The Kier molecular flexibility index (Phi) is 3.09. The van der Waals surface area contributed by atoms with Gasteiger partial charge in [0.1, 0.15) is 11.4 Å². The number of thioether (sulfide) groups is 1. The minimum atomic E-state index is 0.751. The largest absolute Gasteiger partial charge is 0.463 e. The van der Waals surface area contributed by atoms with Gasteiger partial charge in [-0.25, -0.2) is 0 Å². The molecule has 0 saturated carbocycles. The molecule has 0 atom stereocenters. The van der Waals surface area contributed by atoms with Gasteiger partial charge in [0.25, 0.3) is 0 Å². The van der Waals surface area contributed by atoms with Crippen molar-refractivity contribution in [2.45, 2.75) is 10.8 Å². The molecular formula is C15H10ClN3OS. The molecule has 4 rings (SSSR count). The quantitative estimate of drug-likeness (QED) is 0.525. The predicted octanol–water partition coefficient (Wildman–Crippen LogP) is 4.42. The molecule has 0 bridgehead atoms. The summed E-state index contributed by atoms with van der Waals surface area (Å²) in [6.45, 7) is 0. The van der Waals surface area contributed by atoms with E-state index in [2.05, 4.69) is 10.2 Å². The van der Waals surface area contributed by atoms with Crippen LogP contribution in [0.5, 0.6) is 0 Å². The lowest BCUT2D eigenvalue weighted by molar-refractivity contribution is 0.616. The van der Waals surface area contributed by atoms with E-state index in [4.69, 9.17) is 16.0 Å². The van der Waals surface area contributed by atoms with Gasteiger partial charge in [-0.15, -0.1) is 10.2 Å². The van der Waals surface area contributed by atoms with E-state index in [1.807, 2.05) is 40.8 Å². The van der Waals surface area contributed by atoms with Gasteiger partial charge in [0, 0.05) is 22.9 Å². The van der Waals surface area contributed by atoms with Gasteiger partial charge in [0.15, 0.2) is 5.58 Å². The van der Waals surface area contributed by atoms with Crippen LogP contribution in [-0.4, -0.2) is 14.6 Å². The maximum absolute atomic E-state index is 6.19. The highest BCUT2D eigenvalue weighted by molar-refractivity contribution is 7.98. The number of benzene rings is 1. The molecule has 0 radical (unpaired) electrons. The molecule has 21 heavy (non-hydrogen) atoms. The lowest BCUT2D eigenvalue weighted by Gasteiger charge is -2.04. The molecule has 0 aliphatic heterocycles. The topological polar surface area (TPSA) is 43.3 Å². The van der Waals surface area contributed by atoms with Crippen molar-refractivity contribution in [3.05, 3.63) is 59.6 Å². The van der Waals surface area contributed by atoms with Gasteiger partial charge in [0.2, 0.25) is 0 Å². The second-order valence-electron chi connectivity index (χ2n) is 4.59. The van der Waals surface area contributed by atoms with Crippen molar-refractivity contribution in [2.24, 2.45) is 0 Å². The molecule has 3 heterocycles. The molecule has 104 valence electrons. The Hall–Kier alpha value is -1.98. The Morgan fingerprint density at radius 3 is 3.00 bits per heavy atom. The zero-order chi connectivity index (χ0) is 14.2. The first-order chi connectivity index (χ1) is 10.3. The number of nitrogens with zero attached hydrogens (tertiary/aromatic N) is 3. The fourth-order valence-electron chi connectivity index (χ4n) is 2.28. The molecule has 4 nitrogen and oxygen atoms in total. The Balaban J connectivity index is 1.72. The highest BCUT2D eigenvalue weighted by Gasteiger charge is 2.11. The summed E-state index contributed by atoms with van der Waals surface area (Å²) < 4.78 is 7.42. The first kappa shape index (κ1) is 12.7. The average Bonchev–Trinajstić information content (AvgIpc) is 3.07. The number of rotatable bonds is 3. The number of aromatic nitrogens is 3. The third kappa shape index (κ3) is 2.18. The van der Waals surface area contributed by atoms with Crippen LogP contribution < -0.4 is 0 Å². The summed E-state index contributed by atoms with van der Waals surface area (Å²) in [5, 5.41) is 9.94. The van der Waals surface area contributed by atoms with E-state index in [1.54, 1.807) is 24.4 Å². The standard InChI is InChI=1S/C15H10ClN3OS/c16-11-4-2-1-3-10(11)8-21-15-13-7-14-12(5-6-20-14)19(13)9-17-18-15/h1-7,9H,8H2. The number of hydrogen-bond donors (Lipinski definition) is 0. The molecule has 4 aromatic rings. The van der Waals surface area contributed by atoms with Gasteiger partial charge in [-0.3, -0.25) is 4.40 Å². The number of halogens is 1. The smallest absolute Gasteiger partial charge is 0.152 e. The summed E-state index contributed by atoms with van der Waals surface area (Å²) in [6, 6.07) is 11.7. The second-order valence-corrected chi connectivity index (χ2v) is 5.96. The Morgan fingerprint density at radius 2 is 2.10 bits per heavy atom. The van der Waals surface area contributed by atoms with E-state index in [9.17, 15) is 0 Å². The minimum absolute atomic E-state index is 0.751. The lowest BCUT2D eigenvalue weighted by atomic mass is 10.2. The maximum Gasteiger partial charge on any atom is 0.152 e. The predicted molar refractivity (Wildman–Crippen MR) is 83.8 cm³/mol. The van der Waals surface area contributed by atoms with E-state index in [-0.39, 0.29) is 0 Å². The normalized spacial score (nSPS) is 11.5. The highest BCUT2D eigenvalue weighted by Crippen LogP contribution is 2.30. The van der Waals surface area contributed by atoms with Gasteiger partial charge in [-0.1, -0.05) is 41.6 Å². The van der Waals surface area contributed by atoms with Crippen LogP contribution in [0.4, 0.5) is 0 Å². The van der Waals surface area contributed by atoms with Crippen LogP contribution >= 0.6 is 23.4 Å². The molecule has 0 saturated heterocycles. The highest BCUT2D eigenvalue weighted by atomic mass is 35.5. The number of furan rings is 1. The van der Waals surface area contributed by atoms with Crippen molar-refractivity contribution in [2.75, 3.05) is 0 Å². The van der Waals surface area contributed by atoms with Crippen LogP contribution in [0.15, 0.2) is 58.4 Å². The van der Waals surface area contributed by atoms with E-state index in [0.29, 0.717) is 0 Å². The SMILES string of the molecule is Clc1ccccc1CSc1nncn2c1cc1occc12. The van der Waals surface area contributed by atoms with Crippen molar-refractivity contribution in [1.82, 2.24) is 14.6 Å². The summed E-state index contributed by atoms with van der Waals surface area (Å²) in [5.74, 6) is 0.751. The first-order valence-corrected chi connectivity index (χ1v) is 7.75. The molecule has 0 aliphatic carbocycles. The average molecular weight is 316 g/mol.